The fraction of sp³-hybridized carbons (Fsp3) is 0.192. The normalized spacial score (nSPS) is 11.4. The van der Waals surface area contributed by atoms with E-state index in [1.807, 2.05) is 24.3 Å². The summed E-state index contributed by atoms with van der Waals surface area (Å²) in [6.07, 6.45) is 0.0332. The van der Waals surface area contributed by atoms with Crippen LogP contribution in [0.2, 0.25) is 5.02 Å². The first-order chi connectivity index (χ1) is 16.8. The molecule has 7 nitrogen and oxygen atoms in total. The Kier molecular flexibility index (Phi) is 7.05. The zero-order valence-corrected chi connectivity index (χ0v) is 21.1. The second-order valence-corrected chi connectivity index (χ2v) is 10.0. The van der Waals surface area contributed by atoms with Gasteiger partial charge in [0.25, 0.3) is 10.0 Å². The summed E-state index contributed by atoms with van der Waals surface area (Å²) in [5, 5.41) is 0.958. The lowest BCUT2D eigenvalue weighted by Crippen LogP contribution is -2.31. The quantitative estimate of drug-likeness (QED) is 0.318. The zero-order chi connectivity index (χ0) is 25.2. The predicted molar refractivity (Wildman–Crippen MR) is 138 cm³/mol. The van der Waals surface area contributed by atoms with E-state index in [1.165, 1.54) is 24.6 Å². The van der Waals surface area contributed by atoms with Gasteiger partial charge in [0.15, 0.2) is 0 Å². The fourth-order valence-electron chi connectivity index (χ4n) is 4.08. The van der Waals surface area contributed by atoms with Crippen LogP contribution in [0.4, 0.5) is 5.69 Å². The van der Waals surface area contributed by atoms with Gasteiger partial charge in [-0.15, -0.1) is 0 Å². The molecule has 4 rings (SSSR count). The lowest BCUT2D eigenvalue weighted by atomic mass is 10.0. The highest BCUT2D eigenvalue weighted by atomic mass is 35.5. The van der Waals surface area contributed by atoms with Crippen molar-refractivity contribution in [3.05, 3.63) is 77.3 Å². The third-order valence-electron chi connectivity index (χ3n) is 5.78. The standard InChI is InChI=1S/C26H25ClN2O5S/c1-4-29(18-8-7-9-19(15-18)33-2)35(31,32)24-14-17(12-13-22(24)27)26-21(16-25(30)34-3)20-10-5-6-11-23(20)28-26/h5-15,28H,4,16H2,1-3H3. The molecule has 182 valence electrons. The predicted octanol–water partition coefficient (Wildman–Crippen LogP) is 5.43. The number of sulfonamides is 1. The molecule has 4 aromatic rings. The van der Waals surface area contributed by atoms with Gasteiger partial charge in [-0.25, -0.2) is 8.42 Å². The number of fused-ring (bicyclic) bond motifs is 1. The summed E-state index contributed by atoms with van der Waals surface area (Å²) in [6, 6.07) is 19.2. The molecule has 3 aromatic carbocycles. The van der Waals surface area contributed by atoms with Gasteiger partial charge in [-0.05, 0) is 48.4 Å². The van der Waals surface area contributed by atoms with E-state index in [2.05, 4.69) is 4.98 Å². The number of esters is 1. The number of nitrogens with zero attached hydrogens (tertiary/aromatic N) is 1. The Labute approximate surface area is 209 Å². The number of aromatic amines is 1. The van der Waals surface area contributed by atoms with Gasteiger partial charge in [-0.3, -0.25) is 9.10 Å². The summed E-state index contributed by atoms with van der Waals surface area (Å²) < 4.78 is 39.0. The molecule has 0 radical (unpaired) electrons. The Morgan fingerprint density at radius 2 is 1.80 bits per heavy atom. The van der Waals surface area contributed by atoms with Gasteiger partial charge < -0.3 is 14.5 Å². The molecule has 0 atom stereocenters. The molecule has 0 spiro atoms. The van der Waals surface area contributed by atoms with Crippen molar-refractivity contribution in [1.82, 2.24) is 4.98 Å². The highest BCUT2D eigenvalue weighted by molar-refractivity contribution is 7.93. The summed E-state index contributed by atoms with van der Waals surface area (Å²) in [4.78, 5) is 15.4. The van der Waals surface area contributed by atoms with Crippen molar-refractivity contribution in [2.45, 2.75) is 18.2 Å². The van der Waals surface area contributed by atoms with Gasteiger partial charge in [-0.1, -0.05) is 41.9 Å². The topological polar surface area (TPSA) is 88.7 Å². The Hall–Kier alpha value is -3.49. The Bertz CT molecular complexity index is 1500. The van der Waals surface area contributed by atoms with E-state index in [0.717, 1.165) is 16.5 Å². The average molecular weight is 513 g/mol. The van der Waals surface area contributed by atoms with Crippen LogP contribution in [0.1, 0.15) is 12.5 Å². The first-order valence-corrected chi connectivity index (χ1v) is 12.7. The third-order valence-corrected chi connectivity index (χ3v) is 8.16. The highest BCUT2D eigenvalue weighted by Gasteiger charge is 2.28. The number of rotatable bonds is 8. The van der Waals surface area contributed by atoms with E-state index >= 15 is 0 Å². The Morgan fingerprint density at radius 3 is 2.51 bits per heavy atom. The minimum atomic E-state index is -4.02. The monoisotopic (exact) mass is 512 g/mol. The molecule has 0 bridgehead atoms. The van der Waals surface area contributed by atoms with Crippen LogP contribution in [0, 0.1) is 0 Å². The lowest BCUT2D eigenvalue weighted by Gasteiger charge is -2.24. The second-order valence-electron chi connectivity index (χ2n) is 7.79. The molecule has 1 N–H and O–H groups in total. The van der Waals surface area contributed by atoms with E-state index in [1.54, 1.807) is 43.3 Å². The summed E-state index contributed by atoms with van der Waals surface area (Å²) in [6.45, 7) is 1.94. The first-order valence-electron chi connectivity index (χ1n) is 10.9. The molecule has 35 heavy (non-hydrogen) atoms. The van der Waals surface area contributed by atoms with Crippen molar-refractivity contribution in [2.75, 3.05) is 25.1 Å². The summed E-state index contributed by atoms with van der Waals surface area (Å²) in [7, 11) is -1.16. The van der Waals surface area contributed by atoms with Crippen LogP contribution in [-0.2, 0) is 26.0 Å². The van der Waals surface area contributed by atoms with Crippen molar-refractivity contribution in [3.63, 3.8) is 0 Å². The number of carbonyl (C=O) groups is 1. The fourth-order valence-corrected chi connectivity index (χ4v) is 6.05. The van der Waals surface area contributed by atoms with Crippen LogP contribution in [0.15, 0.2) is 71.6 Å². The highest BCUT2D eigenvalue weighted by Crippen LogP contribution is 2.36. The number of hydrogen-bond acceptors (Lipinski definition) is 5. The molecule has 0 aliphatic heterocycles. The van der Waals surface area contributed by atoms with Gasteiger partial charge in [-0.2, -0.15) is 0 Å². The number of H-pyrrole nitrogens is 1. The molecule has 9 heteroatoms. The van der Waals surface area contributed by atoms with Crippen molar-refractivity contribution in [2.24, 2.45) is 0 Å². The Balaban J connectivity index is 1.86. The van der Waals surface area contributed by atoms with Gasteiger partial charge in [0.05, 0.1) is 37.0 Å². The van der Waals surface area contributed by atoms with Gasteiger partial charge in [0, 0.05) is 23.5 Å². The van der Waals surface area contributed by atoms with Crippen molar-refractivity contribution in [1.29, 1.82) is 0 Å². The smallest absolute Gasteiger partial charge is 0.310 e. The van der Waals surface area contributed by atoms with Crippen molar-refractivity contribution >= 4 is 44.2 Å². The minimum Gasteiger partial charge on any atom is -0.497 e. The van der Waals surface area contributed by atoms with E-state index in [4.69, 9.17) is 21.1 Å². The van der Waals surface area contributed by atoms with Crippen LogP contribution in [0.3, 0.4) is 0 Å². The van der Waals surface area contributed by atoms with Crippen LogP contribution in [0.25, 0.3) is 22.2 Å². The van der Waals surface area contributed by atoms with E-state index in [9.17, 15) is 13.2 Å². The molecule has 0 saturated heterocycles. The number of hydrogen-bond donors (Lipinski definition) is 1. The van der Waals surface area contributed by atoms with E-state index in [0.29, 0.717) is 22.7 Å². The first kappa shape index (κ1) is 24.6. The maximum absolute atomic E-state index is 13.8. The lowest BCUT2D eigenvalue weighted by molar-refractivity contribution is -0.139. The molecule has 0 amide bonds. The van der Waals surface area contributed by atoms with Crippen LogP contribution < -0.4 is 9.04 Å². The summed E-state index contributed by atoms with van der Waals surface area (Å²) >= 11 is 6.43. The van der Waals surface area contributed by atoms with Crippen molar-refractivity contribution < 1.29 is 22.7 Å². The SMILES string of the molecule is CCN(c1cccc(OC)c1)S(=O)(=O)c1cc(-c2[nH]c3ccccc3c2CC(=O)OC)ccc1Cl. The van der Waals surface area contributed by atoms with Crippen LogP contribution in [-0.4, -0.2) is 40.1 Å². The molecule has 0 aliphatic rings. The number of aromatic nitrogens is 1. The number of anilines is 1. The average Bonchev–Trinajstić information content (AvgIpc) is 3.22. The molecule has 0 unspecified atom stereocenters. The van der Waals surface area contributed by atoms with E-state index < -0.39 is 16.0 Å². The molecular weight excluding hydrogens is 488 g/mol. The second kappa shape index (κ2) is 10.0. The number of methoxy groups -OCH3 is 2. The van der Waals surface area contributed by atoms with Gasteiger partial charge >= 0.3 is 5.97 Å². The van der Waals surface area contributed by atoms with Crippen LogP contribution in [0.5, 0.6) is 5.75 Å². The largest absolute Gasteiger partial charge is 0.497 e. The van der Waals surface area contributed by atoms with E-state index in [-0.39, 0.29) is 22.9 Å². The molecule has 0 aliphatic carbocycles. The number of ether oxygens (including phenoxy) is 2. The zero-order valence-electron chi connectivity index (χ0n) is 19.5. The number of halogens is 1. The van der Waals surface area contributed by atoms with Crippen molar-refractivity contribution in [3.8, 4) is 17.0 Å². The Morgan fingerprint density at radius 1 is 1.03 bits per heavy atom. The number of carbonyl (C=O) groups excluding carboxylic acids is 1. The minimum absolute atomic E-state index is 0.0332. The molecule has 1 heterocycles. The molecule has 0 fully saturated rings. The number of para-hydroxylation sites is 1. The number of nitrogens with one attached hydrogen (secondary N) is 1. The molecule has 0 saturated carbocycles. The molecule has 1 aromatic heterocycles. The third kappa shape index (κ3) is 4.72. The summed E-state index contributed by atoms with van der Waals surface area (Å²) in [5.74, 6) is 0.148. The molecular formula is C26H25ClN2O5S. The van der Waals surface area contributed by atoms with Gasteiger partial charge in [0.1, 0.15) is 10.6 Å². The summed E-state index contributed by atoms with van der Waals surface area (Å²) in [5.41, 5.74) is 3.23. The van der Waals surface area contributed by atoms with Gasteiger partial charge in [0.2, 0.25) is 0 Å². The van der Waals surface area contributed by atoms with Crippen LogP contribution >= 0.6 is 11.6 Å². The maximum atomic E-state index is 13.8. The number of benzene rings is 3. The maximum Gasteiger partial charge on any atom is 0.310 e.